The van der Waals surface area contributed by atoms with Crippen molar-refractivity contribution in [3.63, 3.8) is 0 Å². The van der Waals surface area contributed by atoms with Crippen LogP contribution in [0.5, 0.6) is 0 Å². The van der Waals surface area contributed by atoms with Crippen LogP contribution in [0.4, 0.5) is 5.82 Å². The Morgan fingerprint density at radius 3 is 2.53 bits per heavy atom. The molecular formula is C21H15Cl2N5O4. The van der Waals surface area contributed by atoms with Gasteiger partial charge >= 0.3 is 5.97 Å². The maximum absolute atomic E-state index is 12.2. The number of rotatable bonds is 7. The van der Waals surface area contributed by atoms with Crippen LogP contribution in [0.1, 0.15) is 15.9 Å². The molecule has 0 aliphatic carbocycles. The van der Waals surface area contributed by atoms with Gasteiger partial charge in [0.05, 0.1) is 21.9 Å². The Kier molecular flexibility index (Phi) is 7.44. The number of aromatic nitrogens is 2. The lowest BCUT2D eigenvalue weighted by Gasteiger charge is -2.10. The number of benzene rings is 2. The summed E-state index contributed by atoms with van der Waals surface area (Å²) in [7, 11) is 0. The Morgan fingerprint density at radius 1 is 1.09 bits per heavy atom. The van der Waals surface area contributed by atoms with Crippen molar-refractivity contribution >= 4 is 46.8 Å². The predicted octanol–water partition coefficient (Wildman–Crippen LogP) is 2.96. The summed E-state index contributed by atoms with van der Waals surface area (Å²) in [5.74, 6) is -1.92. The van der Waals surface area contributed by atoms with Crippen LogP contribution in [-0.4, -0.2) is 40.7 Å². The molecule has 0 aliphatic rings. The molecule has 0 atom stereocenters. The average Bonchev–Trinajstić information content (AvgIpc) is 3.20. The maximum atomic E-state index is 12.2. The highest BCUT2D eigenvalue weighted by atomic mass is 35.5. The zero-order valence-electron chi connectivity index (χ0n) is 16.3. The first-order chi connectivity index (χ1) is 15.4. The Hall–Kier alpha value is -3.87. The van der Waals surface area contributed by atoms with Crippen LogP contribution in [-0.2, 0) is 14.3 Å². The van der Waals surface area contributed by atoms with Gasteiger partial charge in [0, 0.05) is 5.56 Å². The largest absolute Gasteiger partial charge is 0.454 e. The number of hydrogen-bond donors (Lipinski definition) is 2. The summed E-state index contributed by atoms with van der Waals surface area (Å²) in [4.78, 5) is 36.2. The number of para-hydroxylation sites is 1. The smallest absolute Gasteiger partial charge is 0.325 e. The molecule has 2 N–H and O–H groups in total. The first-order valence-electron chi connectivity index (χ1n) is 9.11. The van der Waals surface area contributed by atoms with Gasteiger partial charge in [0.1, 0.15) is 18.2 Å². The van der Waals surface area contributed by atoms with E-state index in [0.29, 0.717) is 10.7 Å². The van der Waals surface area contributed by atoms with Crippen molar-refractivity contribution in [3.8, 4) is 11.8 Å². The summed E-state index contributed by atoms with van der Waals surface area (Å²) < 4.78 is 6.26. The second kappa shape index (κ2) is 10.4. The van der Waals surface area contributed by atoms with Gasteiger partial charge in [-0.1, -0.05) is 41.4 Å². The van der Waals surface area contributed by atoms with Gasteiger partial charge in [0.15, 0.2) is 12.4 Å². The third-order valence-electron chi connectivity index (χ3n) is 4.09. The highest BCUT2D eigenvalue weighted by Gasteiger charge is 2.17. The van der Waals surface area contributed by atoms with E-state index in [9.17, 15) is 19.6 Å². The third kappa shape index (κ3) is 5.63. The molecule has 2 aromatic carbocycles. The van der Waals surface area contributed by atoms with Crippen LogP contribution in [0, 0.1) is 11.3 Å². The van der Waals surface area contributed by atoms with Crippen LogP contribution in [0.25, 0.3) is 5.69 Å². The molecule has 32 heavy (non-hydrogen) atoms. The van der Waals surface area contributed by atoms with E-state index in [1.807, 2.05) is 12.1 Å². The molecule has 0 saturated carbocycles. The fourth-order valence-electron chi connectivity index (χ4n) is 2.57. The SMILES string of the molecule is N#Cc1cnn(-c2ccccc2)c1NC(=O)COC(=O)CNC(=O)c1ccc(Cl)c(Cl)c1. The Bertz CT molecular complexity index is 1200. The normalized spacial score (nSPS) is 10.2. The van der Waals surface area contributed by atoms with Crippen molar-refractivity contribution in [2.24, 2.45) is 0 Å². The summed E-state index contributed by atoms with van der Waals surface area (Å²) in [5.41, 5.74) is 0.983. The molecule has 0 unspecified atom stereocenters. The standard InChI is InChI=1S/C21H15Cl2N5O4/c22-16-7-6-13(8-17(16)23)21(31)25-11-19(30)32-12-18(29)27-20-14(9-24)10-26-28(20)15-4-2-1-3-5-15/h1-8,10H,11-12H2,(H,25,31)(H,27,29). The second-order valence-electron chi connectivity index (χ2n) is 6.29. The molecular weight excluding hydrogens is 457 g/mol. The number of hydrogen-bond acceptors (Lipinski definition) is 6. The van der Waals surface area contributed by atoms with Crippen molar-refractivity contribution in [2.75, 3.05) is 18.5 Å². The summed E-state index contributed by atoms with van der Waals surface area (Å²) in [5, 5.41) is 18.7. The highest BCUT2D eigenvalue weighted by molar-refractivity contribution is 6.42. The number of nitrogens with one attached hydrogen (secondary N) is 2. The van der Waals surface area contributed by atoms with Crippen molar-refractivity contribution < 1.29 is 19.1 Å². The summed E-state index contributed by atoms with van der Waals surface area (Å²) in [6, 6.07) is 15.1. The van der Waals surface area contributed by atoms with Gasteiger partial charge in [0.2, 0.25) is 0 Å². The summed E-state index contributed by atoms with van der Waals surface area (Å²) >= 11 is 11.7. The summed E-state index contributed by atoms with van der Waals surface area (Å²) in [6.07, 6.45) is 1.31. The molecule has 1 aromatic heterocycles. The van der Waals surface area contributed by atoms with Crippen LogP contribution in [0.3, 0.4) is 0 Å². The van der Waals surface area contributed by atoms with E-state index in [1.54, 1.807) is 24.3 Å². The highest BCUT2D eigenvalue weighted by Crippen LogP contribution is 2.22. The number of carbonyl (C=O) groups is 3. The molecule has 0 fully saturated rings. The lowest BCUT2D eigenvalue weighted by molar-refractivity contribution is -0.146. The molecule has 3 rings (SSSR count). The van der Waals surface area contributed by atoms with Gasteiger partial charge in [-0.05, 0) is 30.3 Å². The van der Waals surface area contributed by atoms with Crippen molar-refractivity contribution in [3.05, 3.63) is 75.9 Å². The molecule has 0 spiro atoms. The number of nitrogens with zero attached hydrogens (tertiary/aromatic N) is 3. The second-order valence-corrected chi connectivity index (χ2v) is 7.10. The van der Waals surface area contributed by atoms with E-state index >= 15 is 0 Å². The fraction of sp³-hybridized carbons (Fsp3) is 0.0952. The molecule has 0 aliphatic heterocycles. The molecule has 0 radical (unpaired) electrons. The first kappa shape index (κ1) is 22.8. The molecule has 1 heterocycles. The summed E-state index contributed by atoms with van der Waals surface area (Å²) in [6.45, 7) is -1.08. The number of amides is 2. The van der Waals surface area contributed by atoms with Crippen LogP contribution in [0.2, 0.25) is 10.0 Å². The maximum Gasteiger partial charge on any atom is 0.325 e. The van der Waals surface area contributed by atoms with Crippen molar-refractivity contribution in [2.45, 2.75) is 0 Å². The van der Waals surface area contributed by atoms with E-state index in [1.165, 1.54) is 29.1 Å². The number of ether oxygens (including phenoxy) is 1. The molecule has 9 nitrogen and oxygen atoms in total. The van der Waals surface area contributed by atoms with Gasteiger partial charge in [-0.2, -0.15) is 10.4 Å². The van der Waals surface area contributed by atoms with Crippen LogP contribution >= 0.6 is 23.2 Å². The molecule has 162 valence electrons. The van der Waals surface area contributed by atoms with E-state index in [-0.39, 0.29) is 22.0 Å². The Labute approximate surface area is 192 Å². The van der Waals surface area contributed by atoms with Gasteiger partial charge in [-0.3, -0.25) is 14.4 Å². The molecule has 3 aromatic rings. The topological polar surface area (TPSA) is 126 Å². The first-order valence-corrected chi connectivity index (χ1v) is 9.87. The zero-order valence-corrected chi connectivity index (χ0v) is 17.9. The van der Waals surface area contributed by atoms with Crippen molar-refractivity contribution in [1.82, 2.24) is 15.1 Å². The van der Waals surface area contributed by atoms with E-state index < -0.39 is 30.9 Å². The number of esters is 1. The minimum atomic E-state index is -0.828. The van der Waals surface area contributed by atoms with Crippen molar-refractivity contribution in [1.29, 1.82) is 5.26 Å². The Morgan fingerprint density at radius 2 is 1.84 bits per heavy atom. The minimum Gasteiger partial charge on any atom is -0.454 e. The number of anilines is 1. The fourth-order valence-corrected chi connectivity index (χ4v) is 2.87. The quantitative estimate of drug-likeness (QED) is 0.510. The van der Waals surface area contributed by atoms with Gasteiger partial charge in [-0.15, -0.1) is 0 Å². The van der Waals surface area contributed by atoms with Gasteiger partial charge < -0.3 is 15.4 Å². The monoisotopic (exact) mass is 471 g/mol. The average molecular weight is 472 g/mol. The van der Waals surface area contributed by atoms with Gasteiger partial charge in [0.25, 0.3) is 11.8 Å². The molecule has 2 amide bonds. The van der Waals surface area contributed by atoms with Gasteiger partial charge in [-0.25, -0.2) is 4.68 Å². The third-order valence-corrected chi connectivity index (χ3v) is 4.83. The lowest BCUT2D eigenvalue weighted by atomic mass is 10.2. The molecule has 11 heteroatoms. The van der Waals surface area contributed by atoms with E-state index in [0.717, 1.165) is 0 Å². The van der Waals surface area contributed by atoms with E-state index in [4.69, 9.17) is 27.9 Å². The Balaban J connectivity index is 1.53. The number of nitriles is 1. The van der Waals surface area contributed by atoms with Crippen LogP contribution in [0.15, 0.2) is 54.7 Å². The van der Waals surface area contributed by atoms with Crippen LogP contribution < -0.4 is 10.6 Å². The number of carbonyl (C=O) groups excluding carboxylic acids is 3. The van der Waals surface area contributed by atoms with E-state index in [2.05, 4.69) is 15.7 Å². The molecule has 0 bridgehead atoms. The molecule has 0 saturated heterocycles. The lowest BCUT2D eigenvalue weighted by Crippen LogP contribution is -2.32. The zero-order chi connectivity index (χ0) is 23.1. The number of halogens is 2. The predicted molar refractivity (Wildman–Crippen MR) is 117 cm³/mol. The minimum absolute atomic E-state index is 0.141.